The molecule has 6 nitrogen and oxygen atoms in total. The number of unbranched alkanes of at least 4 members (excludes halogenated alkanes) is 2. The van der Waals surface area contributed by atoms with E-state index in [-0.39, 0.29) is 17.2 Å². The summed E-state index contributed by atoms with van der Waals surface area (Å²) in [5.41, 5.74) is -0.184. The van der Waals surface area contributed by atoms with Gasteiger partial charge >= 0.3 is 6.18 Å². The molecule has 1 aromatic heterocycles. The Kier molecular flexibility index (Phi) is 6.90. The number of anilines is 1. The number of hydrogen-bond donors (Lipinski definition) is 0. The SMILES string of the molecule is CCCCCn1nc(C(=O)N2CCN(c3cccc(C(F)(F)F)c3)CC2)c2ccccc2c1=O. The van der Waals surface area contributed by atoms with Gasteiger partial charge in [0.2, 0.25) is 0 Å². The van der Waals surface area contributed by atoms with Crippen LogP contribution in [-0.2, 0) is 12.7 Å². The number of hydrogen-bond acceptors (Lipinski definition) is 4. The van der Waals surface area contributed by atoms with E-state index in [4.69, 9.17) is 0 Å². The van der Waals surface area contributed by atoms with Gasteiger partial charge in [0.25, 0.3) is 11.5 Å². The van der Waals surface area contributed by atoms with E-state index in [9.17, 15) is 22.8 Å². The van der Waals surface area contributed by atoms with Crippen molar-refractivity contribution in [1.29, 1.82) is 0 Å². The number of carbonyl (C=O) groups is 1. The Morgan fingerprint density at radius 2 is 1.68 bits per heavy atom. The summed E-state index contributed by atoms with van der Waals surface area (Å²) in [4.78, 5) is 29.8. The summed E-state index contributed by atoms with van der Waals surface area (Å²) in [6.07, 6.45) is -1.64. The molecule has 1 saturated heterocycles. The summed E-state index contributed by atoms with van der Waals surface area (Å²) >= 11 is 0. The second kappa shape index (κ2) is 9.87. The molecule has 1 aliphatic rings. The Hall–Kier alpha value is -3.36. The summed E-state index contributed by atoms with van der Waals surface area (Å²) in [5, 5.41) is 5.41. The minimum Gasteiger partial charge on any atom is -0.368 e. The van der Waals surface area contributed by atoms with Crippen molar-refractivity contribution >= 4 is 22.4 Å². The molecule has 2 heterocycles. The molecule has 0 saturated carbocycles. The second-order valence-electron chi connectivity index (χ2n) is 8.46. The van der Waals surface area contributed by atoms with E-state index >= 15 is 0 Å². The van der Waals surface area contributed by atoms with E-state index in [1.807, 2.05) is 4.90 Å². The summed E-state index contributed by atoms with van der Waals surface area (Å²) in [6.45, 7) is 4.02. The Bertz CT molecular complexity index is 1230. The smallest absolute Gasteiger partial charge is 0.368 e. The van der Waals surface area contributed by atoms with Crippen LogP contribution in [0.15, 0.2) is 53.3 Å². The zero-order valence-electron chi connectivity index (χ0n) is 19.0. The Morgan fingerprint density at radius 3 is 2.35 bits per heavy atom. The van der Waals surface area contributed by atoms with Crippen LogP contribution in [-0.4, -0.2) is 46.8 Å². The lowest BCUT2D eigenvalue weighted by Crippen LogP contribution is -2.49. The number of fused-ring (bicyclic) bond motifs is 1. The van der Waals surface area contributed by atoms with Crippen LogP contribution in [0.5, 0.6) is 0 Å². The molecule has 34 heavy (non-hydrogen) atoms. The zero-order valence-corrected chi connectivity index (χ0v) is 19.0. The van der Waals surface area contributed by atoms with Crippen LogP contribution in [0.2, 0.25) is 0 Å². The van der Waals surface area contributed by atoms with Crippen LogP contribution in [0.25, 0.3) is 10.8 Å². The lowest BCUT2D eigenvalue weighted by atomic mass is 10.1. The first-order valence-electron chi connectivity index (χ1n) is 11.5. The van der Waals surface area contributed by atoms with Gasteiger partial charge in [0, 0.05) is 43.8 Å². The highest BCUT2D eigenvalue weighted by atomic mass is 19.4. The second-order valence-corrected chi connectivity index (χ2v) is 8.46. The van der Waals surface area contributed by atoms with Crippen LogP contribution in [0.4, 0.5) is 18.9 Å². The minimum absolute atomic E-state index is 0.211. The van der Waals surface area contributed by atoms with Crippen LogP contribution in [0.3, 0.4) is 0 Å². The lowest BCUT2D eigenvalue weighted by Gasteiger charge is -2.36. The van der Waals surface area contributed by atoms with Crippen molar-refractivity contribution in [3.63, 3.8) is 0 Å². The predicted molar refractivity (Wildman–Crippen MR) is 125 cm³/mol. The molecular formula is C25H27F3N4O2. The van der Waals surface area contributed by atoms with Gasteiger partial charge in [-0.2, -0.15) is 18.3 Å². The molecule has 3 aromatic rings. The fourth-order valence-corrected chi connectivity index (χ4v) is 4.25. The van der Waals surface area contributed by atoms with Gasteiger partial charge in [0.15, 0.2) is 5.69 Å². The molecule has 4 rings (SSSR count). The molecule has 0 bridgehead atoms. The van der Waals surface area contributed by atoms with E-state index in [1.165, 1.54) is 10.7 Å². The average Bonchev–Trinajstić information content (AvgIpc) is 2.85. The van der Waals surface area contributed by atoms with Gasteiger partial charge < -0.3 is 9.80 Å². The zero-order chi connectivity index (χ0) is 24.3. The summed E-state index contributed by atoms with van der Waals surface area (Å²) in [5.74, 6) is -0.274. The third-order valence-electron chi connectivity index (χ3n) is 6.15. The molecule has 1 aliphatic heterocycles. The van der Waals surface area contributed by atoms with E-state index in [2.05, 4.69) is 12.0 Å². The summed E-state index contributed by atoms with van der Waals surface area (Å²) in [7, 11) is 0. The molecule has 0 radical (unpaired) electrons. The number of alkyl halides is 3. The highest BCUT2D eigenvalue weighted by molar-refractivity contribution is 6.04. The normalized spacial score (nSPS) is 14.6. The largest absolute Gasteiger partial charge is 0.416 e. The first kappa shape index (κ1) is 23.8. The number of benzene rings is 2. The van der Waals surface area contributed by atoms with Crippen LogP contribution >= 0.6 is 0 Å². The maximum atomic E-state index is 13.4. The monoisotopic (exact) mass is 472 g/mol. The van der Waals surface area contributed by atoms with Gasteiger partial charge in [0.05, 0.1) is 10.9 Å². The van der Waals surface area contributed by atoms with E-state index in [0.717, 1.165) is 31.4 Å². The summed E-state index contributed by atoms with van der Waals surface area (Å²) < 4.78 is 40.6. The standard InChI is InChI=1S/C25H27F3N4O2/c1-2-3-6-12-32-23(33)21-11-5-4-10-20(21)22(29-32)24(34)31-15-13-30(14-16-31)19-9-7-8-18(17-19)25(26,27)28/h4-5,7-11,17H,2-3,6,12-16H2,1H3. The Labute approximate surface area is 195 Å². The number of piperazine rings is 1. The number of rotatable bonds is 6. The molecule has 0 N–H and O–H groups in total. The minimum atomic E-state index is -4.40. The first-order valence-corrected chi connectivity index (χ1v) is 11.5. The van der Waals surface area contributed by atoms with Crippen molar-refractivity contribution in [2.24, 2.45) is 0 Å². The van der Waals surface area contributed by atoms with Gasteiger partial charge in [-0.25, -0.2) is 4.68 Å². The van der Waals surface area contributed by atoms with E-state index in [0.29, 0.717) is 49.2 Å². The molecule has 0 spiro atoms. The lowest BCUT2D eigenvalue weighted by molar-refractivity contribution is -0.137. The maximum Gasteiger partial charge on any atom is 0.416 e. The van der Waals surface area contributed by atoms with Gasteiger partial charge in [-0.15, -0.1) is 0 Å². The molecule has 1 amide bonds. The van der Waals surface area contributed by atoms with Crippen molar-refractivity contribution < 1.29 is 18.0 Å². The molecule has 9 heteroatoms. The predicted octanol–water partition coefficient (Wildman–Crippen LogP) is 4.57. The van der Waals surface area contributed by atoms with Gasteiger partial charge in [-0.05, 0) is 30.7 Å². The van der Waals surface area contributed by atoms with Crippen molar-refractivity contribution in [1.82, 2.24) is 14.7 Å². The quantitative estimate of drug-likeness (QED) is 0.494. The van der Waals surface area contributed by atoms with E-state index < -0.39 is 11.7 Å². The first-order chi connectivity index (χ1) is 16.3. The van der Waals surface area contributed by atoms with Crippen LogP contribution in [0.1, 0.15) is 42.2 Å². The maximum absolute atomic E-state index is 13.4. The number of nitrogens with zero attached hydrogens (tertiary/aromatic N) is 4. The van der Waals surface area contributed by atoms with Gasteiger partial charge in [-0.3, -0.25) is 9.59 Å². The van der Waals surface area contributed by atoms with Crippen LogP contribution in [0, 0.1) is 0 Å². The highest BCUT2D eigenvalue weighted by Crippen LogP contribution is 2.32. The van der Waals surface area contributed by atoms with Gasteiger partial charge in [-0.1, -0.05) is 44.0 Å². The highest BCUT2D eigenvalue weighted by Gasteiger charge is 2.31. The number of amides is 1. The Morgan fingerprint density at radius 1 is 0.971 bits per heavy atom. The van der Waals surface area contributed by atoms with E-state index in [1.54, 1.807) is 35.2 Å². The average molecular weight is 473 g/mol. The molecule has 1 fully saturated rings. The third kappa shape index (κ3) is 4.93. The third-order valence-corrected chi connectivity index (χ3v) is 6.15. The number of carbonyl (C=O) groups excluding carboxylic acids is 1. The fraction of sp³-hybridized carbons (Fsp3) is 0.400. The van der Waals surface area contributed by atoms with Crippen molar-refractivity contribution in [2.75, 3.05) is 31.1 Å². The number of aryl methyl sites for hydroxylation is 1. The molecule has 0 unspecified atom stereocenters. The Balaban J connectivity index is 1.55. The molecular weight excluding hydrogens is 445 g/mol. The number of aromatic nitrogens is 2. The summed E-state index contributed by atoms with van der Waals surface area (Å²) in [6, 6.07) is 12.2. The molecule has 0 aliphatic carbocycles. The molecule has 0 atom stereocenters. The topological polar surface area (TPSA) is 58.4 Å². The van der Waals surface area contributed by atoms with Crippen molar-refractivity contribution in [3.8, 4) is 0 Å². The molecule has 180 valence electrons. The van der Waals surface area contributed by atoms with Crippen molar-refractivity contribution in [3.05, 3.63) is 70.1 Å². The fourth-order valence-electron chi connectivity index (χ4n) is 4.25. The van der Waals surface area contributed by atoms with Crippen LogP contribution < -0.4 is 10.5 Å². The van der Waals surface area contributed by atoms with Crippen molar-refractivity contribution in [2.45, 2.75) is 38.9 Å². The number of halogens is 3. The molecule has 2 aromatic carbocycles. The van der Waals surface area contributed by atoms with Gasteiger partial charge in [0.1, 0.15) is 0 Å².